The van der Waals surface area contributed by atoms with Crippen LogP contribution in [0.2, 0.25) is 0 Å². The van der Waals surface area contributed by atoms with Crippen LogP contribution in [0.25, 0.3) is 0 Å². The van der Waals surface area contributed by atoms with Gasteiger partial charge in [-0.05, 0) is 44.0 Å². The van der Waals surface area contributed by atoms with Gasteiger partial charge in [-0.25, -0.2) is 0 Å². The van der Waals surface area contributed by atoms with Crippen LogP contribution < -0.4 is 14.4 Å². The minimum absolute atomic E-state index is 0.0484. The Bertz CT molecular complexity index is 881. The van der Waals surface area contributed by atoms with Crippen molar-refractivity contribution in [1.29, 1.82) is 0 Å². The summed E-state index contributed by atoms with van der Waals surface area (Å²) >= 11 is 0. The van der Waals surface area contributed by atoms with E-state index in [1.54, 1.807) is 26.4 Å². The fourth-order valence-corrected chi connectivity index (χ4v) is 3.60. The molecule has 142 valence electrons. The Morgan fingerprint density at radius 2 is 1.96 bits per heavy atom. The monoisotopic (exact) mass is 370 g/mol. The Labute approximate surface area is 157 Å². The molecule has 7 heteroatoms. The lowest BCUT2D eigenvalue weighted by molar-refractivity contribution is -0.384. The lowest BCUT2D eigenvalue weighted by Crippen LogP contribution is -2.24. The minimum Gasteiger partial charge on any atom is -0.497 e. The molecule has 7 nitrogen and oxygen atoms in total. The molecule has 2 aromatic carbocycles. The number of Topliss-reactive ketones (excluding diaryl/α,β-unsaturated/α-hetero) is 1. The normalized spacial score (nSPS) is 16.3. The summed E-state index contributed by atoms with van der Waals surface area (Å²) in [7, 11) is 3.19. The topological polar surface area (TPSA) is 81.9 Å². The predicted octanol–water partition coefficient (Wildman–Crippen LogP) is 4.16. The van der Waals surface area contributed by atoms with Gasteiger partial charge in [-0.15, -0.1) is 0 Å². The third-order valence-corrected chi connectivity index (χ3v) is 4.94. The molecule has 0 aromatic heterocycles. The van der Waals surface area contributed by atoms with Crippen molar-refractivity contribution in [1.82, 2.24) is 0 Å². The van der Waals surface area contributed by atoms with Gasteiger partial charge in [0.2, 0.25) is 0 Å². The van der Waals surface area contributed by atoms with Crippen LogP contribution in [-0.4, -0.2) is 31.5 Å². The van der Waals surface area contributed by atoms with E-state index in [0.29, 0.717) is 29.3 Å². The van der Waals surface area contributed by atoms with Crippen molar-refractivity contribution in [3.63, 3.8) is 0 Å². The Hall–Kier alpha value is -3.09. The van der Waals surface area contributed by atoms with Crippen LogP contribution in [0.4, 0.5) is 11.4 Å². The quantitative estimate of drug-likeness (QED) is 0.431. The van der Waals surface area contributed by atoms with Crippen molar-refractivity contribution < 1.29 is 19.2 Å². The molecule has 3 rings (SSSR count). The second kappa shape index (κ2) is 7.65. The largest absolute Gasteiger partial charge is 0.497 e. The van der Waals surface area contributed by atoms with Gasteiger partial charge in [0, 0.05) is 29.8 Å². The molecule has 1 fully saturated rings. The van der Waals surface area contributed by atoms with Gasteiger partial charge in [0.15, 0.2) is 5.78 Å². The number of benzene rings is 2. The summed E-state index contributed by atoms with van der Waals surface area (Å²) in [5, 5.41) is 11.6. The van der Waals surface area contributed by atoms with Crippen LogP contribution in [0.3, 0.4) is 0 Å². The molecule has 0 bridgehead atoms. The van der Waals surface area contributed by atoms with E-state index in [1.807, 2.05) is 23.1 Å². The maximum atomic E-state index is 11.6. The maximum Gasteiger partial charge on any atom is 0.293 e. The molecule has 0 unspecified atom stereocenters. The van der Waals surface area contributed by atoms with Gasteiger partial charge in [-0.1, -0.05) is 0 Å². The van der Waals surface area contributed by atoms with E-state index in [-0.39, 0.29) is 17.5 Å². The summed E-state index contributed by atoms with van der Waals surface area (Å²) in [5.74, 6) is 1.19. The number of hydrogen-bond donors (Lipinski definition) is 0. The molecular weight excluding hydrogens is 348 g/mol. The highest BCUT2D eigenvalue weighted by atomic mass is 16.6. The Kier molecular flexibility index (Phi) is 5.30. The highest BCUT2D eigenvalue weighted by molar-refractivity contribution is 5.95. The number of hydrogen-bond acceptors (Lipinski definition) is 6. The average molecular weight is 370 g/mol. The van der Waals surface area contributed by atoms with Gasteiger partial charge in [0.25, 0.3) is 5.69 Å². The summed E-state index contributed by atoms with van der Waals surface area (Å²) in [4.78, 5) is 24.8. The molecule has 1 saturated heterocycles. The zero-order valence-electron chi connectivity index (χ0n) is 15.6. The number of methoxy groups -OCH3 is 2. The molecular formula is C20H22N2O5. The summed E-state index contributed by atoms with van der Waals surface area (Å²) in [5.41, 5.74) is 1.76. The molecule has 1 aliphatic rings. The van der Waals surface area contributed by atoms with Crippen LogP contribution in [-0.2, 0) is 0 Å². The molecule has 1 atom stereocenters. The summed E-state index contributed by atoms with van der Waals surface area (Å²) in [6.45, 7) is 2.10. The zero-order valence-corrected chi connectivity index (χ0v) is 15.6. The van der Waals surface area contributed by atoms with Crippen LogP contribution in [0, 0.1) is 10.1 Å². The Balaban J connectivity index is 2.05. The first-order chi connectivity index (χ1) is 13.0. The molecule has 0 aliphatic carbocycles. The van der Waals surface area contributed by atoms with Crippen LogP contribution in [0.1, 0.15) is 41.7 Å². The molecule has 0 saturated carbocycles. The van der Waals surface area contributed by atoms with E-state index in [4.69, 9.17) is 9.47 Å². The number of carbonyl (C=O) groups excluding carboxylic acids is 1. The lowest BCUT2D eigenvalue weighted by Gasteiger charge is -2.28. The molecule has 1 heterocycles. The highest BCUT2D eigenvalue weighted by Gasteiger charge is 2.33. The van der Waals surface area contributed by atoms with Crippen molar-refractivity contribution in [3.8, 4) is 11.5 Å². The smallest absolute Gasteiger partial charge is 0.293 e. The SMILES string of the molecule is COc1ccc([C@@H]2CCCN2c2ccc(C(C)=O)cc2[N+](=O)[O-])c(OC)c1. The first-order valence-corrected chi connectivity index (χ1v) is 8.74. The first-order valence-electron chi connectivity index (χ1n) is 8.74. The lowest BCUT2D eigenvalue weighted by atomic mass is 10.0. The summed E-state index contributed by atoms with van der Waals surface area (Å²) in [6.07, 6.45) is 1.76. The standard InChI is InChI=1S/C20H22N2O5/c1-13(23)14-6-9-18(19(11-14)22(24)25)21-10-4-5-17(21)16-8-7-15(26-2)12-20(16)27-3/h6-9,11-12,17H,4-5,10H2,1-3H3/t17-/m0/s1. The van der Waals surface area contributed by atoms with Gasteiger partial charge in [0.1, 0.15) is 17.2 Å². The number of anilines is 1. The first kappa shape index (κ1) is 18.7. The number of nitrogens with zero attached hydrogens (tertiary/aromatic N) is 2. The number of nitro benzene ring substituents is 1. The second-order valence-corrected chi connectivity index (χ2v) is 6.48. The number of rotatable bonds is 6. The maximum absolute atomic E-state index is 11.6. The van der Waals surface area contributed by atoms with Crippen LogP contribution in [0.15, 0.2) is 36.4 Å². The average Bonchev–Trinajstić information content (AvgIpc) is 3.16. The van der Waals surface area contributed by atoms with Gasteiger partial charge in [-0.3, -0.25) is 14.9 Å². The molecule has 1 aliphatic heterocycles. The fraction of sp³-hybridized carbons (Fsp3) is 0.350. The van der Waals surface area contributed by atoms with E-state index in [0.717, 1.165) is 18.4 Å². The van der Waals surface area contributed by atoms with Crippen molar-refractivity contribution in [2.75, 3.05) is 25.7 Å². The predicted molar refractivity (Wildman–Crippen MR) is 102 cm³/mol. The van der Waals surface area contributed by atoms with E-state index in [1.165, 1.54) is 13.0 Å². The zero-order chi connectivity index (χ0) is 19.6. The van der Waals surface area contributed by atoms with E-state index >= 15 is 0 Å². The van der Waals surface area contributed by atoms with E-state index in [9.17, 15) is 14.9 Å². The van der Waals surface area contributed by atoms with Crippen molar-refractivity contribution in [2.24, 2.45) is 0 Å². The third-order valence-electron chi connectivity index (χ3n) is 4.94. The summed E-state index contributed by atoms with van der Waals surface area (Å²) < 4.78 is 10.8. The van der Waals surface area contributed by atoms with Crippen LogP contribution in [0.5, 0.6) is 11.5 Å². The minimum atomic E-state index is -0.428. The Morgan fingerprint density at radius 1 is 1.19 bits per heavy atom. The number of ether oxygens (including phenoxy) is 2. The fourth-order valence-electron chi connectivity index (χ4n) is 3.60. The summed E-state index contributed by atoms with van der Waals surface area (Å²) in [6, 6.07) is 10.2. The molecule has 27 heavy (non-hydrogen) atoms. The Morgan fingerprint density at radius 3 is 2.59 bits per heavy atom. The molecule has 0 N–H and O–H groups in total. The van der Waals surface area contributed by atoms with Crippen LogP contribution >= 0.6 is 0 Å². The van der Waals surface area contributed by atoms with Crippen molar-refractivity contribution in [3.05, 3.63) is 57.6 Å². The number of ketones is 1. The molecule has 0 spiro atoms. The third kappa shape index (κ3) is 3.58. The van der Waals surface area contributed by atoms with Crippen molar-refractivity contribution in [2.45, 2.75) is 25.8 Å². The molecule has 2 aromatic rings. The van der Waals surface area contributed by atoms with E-state index in [2.05, 4.69) is 0 Å². The van der Waals surface area contributed by atoms with E-state index < -0.39 is 4.92 Å². The molecule has 0 amide bonds. The van der Waals surface area contributed by atoms with Gasteiger partial charge in [-0.2, -0.15) is 0 Å². The number of carbonyl (C=O) groups is 1. The molecule has 0 radical (unpaired) electrons. The number of nitro groups is 1. The highest BCUT2D eigenvalue weighted by Crippen LogP contribution is 2.44. The second-order valence-electron chi connectivity index (χ2n) is 6.48. The van der Waals surface area contributed by atoms with Gasteiger partial charge >= 0.3 is 0 Å². The van der Waals surface area contributed by atoms with Gasteiger partial charge in [0.05, 0.1) is 25.2 Å². The van der Waals surface area contributed by atoms with Gasteiger partial charge < -0.3 is 14.4 Å². The van der Waals surface area contributed by atoms with Crippen molar-refractivity contribution >= 4 is 17.2 Å².